The van der Waals surface area contributed by atoms with Crippen molar-refractivity contribution in [2.24, 2.45) is 0 Å². The highest BCUT2D eigenvalue weighted by Crippen LogP contribution is 2.36. The molecule has 5 rings (SSSR count). The third-order valence-corrected chi connectivity index (χ3v) is 8.53. The lowest BCUT2D eigenvalue weighted by Crippen LogP contribution is -2.16. The van der Waals surface area contributed by atoms with Crippen LogP contribution in [-0.2, 0) is 9.53 Å². The first-order chi connectivity index (χ1) is 20.7. The highest BCUT2D eigenvalue weighted by Gasteiger charge is 2.22. The number of carbonyl (C=O) groups excluding carboxylic acids is 3. The second kappa shape index (κ2) is 12.9. The molecule has 43 heavy (non-hydrogen) atoms. The molecule has 0 spiro atoms. The summed E-state index contributed by atoms with van der Waals surface area (Å²) in [5.41, 5.74) is 3.71. The zero-order chi connectivity index (χ0) is 30.5. The summed E-state index contributed by atoms with van der Waals surface area (Å²) in [6, 6.07) is 24.7. The van der Waals surface area contributed by atoms with Crippen LogP contribution in [0.4, 0.5) is 10.7 Å². The summed E-state index contributed by atoms with van der Waals surface area (Å²) in [6.07, 6.45) is 0. The van der Waals surface area contributed by atoms with Gasteiger partial charge >= 0.3 is 11.9 Å². The molecule has 0 fully saturated rings. The number of fused-ring (bicyclic) bond motifs is 1. The summed E-state index contributed by atoms with van der Waals surface area (Å²) in [5.74, 6) is -2.35. The van der Waals surface area contributed by atoms with Gasteiger partial charge in [-0.25, -0.2) is 9.59 Å². The van der Waals surface area contributed by atoms with Crippen LogP contribution in [0.1, 0.15) is 36.6 Å². The maximum absolute atomic E-state index is 13.2. The number of esters is 1. The molecule has 0 unspecified atom stereocenters. The van der Waals surface area contributed by atoms with Gasteiger partial charge in [-0.05, 0) is 48.2 Å². The van der Waals surface area contributed by atoms with Crippen LogP contribution in [0.3, 0.4) is 0 Å². The lowest BCUT2D eigenvalue weighted by atomic mass is 9.98. The molecule has 5 aromatic rings. The van der Waals surface area contributed by atoms with Gasteiger partial charge in [-0.3, -0.25) is 9.59 Å². The number of hydrogen-bond donors (Lipinski definition) is 3. The first-order valence-electron chi connectivity index (χ1n) is 13.1. The zero-order valence-electron chi connectivity index (χ0n) is 23.2. The number of amides is 2. The number of aromatic carboxylic acids is 1. The van der Waals surface area contributed by atoms with E-state index in [1.54, 1.807) is 48.5 Å². The molecule has 0 aliphatic rings. The number of rotatable bonds is 9. The van der Waals surface area contributed by atoms with Crippen LogP contribution in [-0.4, -0.2) is 41.7 Å². The van der Waals surface area contributed by atoms with Gasteiger partial charge in [-0.1, -0.05) is 60.2 Å². The number of benzene rings is 4. The van der Waals surface area contributed by atoms with Crippen LogP contribution in [0.2, 0.25) is 0 Å². The summed E-state index contributed by atoms with van der Waals surface area (Å²) in [4.78, 5) is 51.3. The second-order valence-corrected chi connectivity index (χ2v) is 11.5. The van der Waals surface area contributed by atoms with Gasteiger partial charge in [-0.2, -0.15) is 0 Å². The van der Waals surface area contributed by atoms with Crippen molar-refractivity contribution in [1.82, 2.24) is 0 Å². The van der Waals surface area contributed by atoms with E-state index < -0.39 is 17.8 Å². The second-order valence-electron chi connectivity index (χ2n) is 9.54. The Morgan fingerprint density at radius 2 is 1.58 bits per heavy atom. The highest BCUT2D eigenvalue weighted by atomic mass is 32.2. The first kappa shape index (κ1) is 29.6. The van der Waals surface area contributed by atoms with Gasteiger partial charge < -0.3 is 20.5 Å². The van der Waals surface area contributed by atoms with Crippen molar-refractivity contribution >= 4 is 68.3 Å². The van der Waals surface area contributed by atoms with Gasteiger partial charge in [0.05, 0.1) is 18.4 Å². The molecule has 0 saturated carbocycles. The molecule has 0 radical (unpaired) electrons. The molecule has 3 N–H and O–H groups in total. The zero-order valence-corrected chi connectivity index (χ0v) is 24.8. The topological polar surface area (TPSA) is 122 Å². The maximum atomic E-state index is 13.2. The first-order valence-corrected chi connectivity index (χ1v) is 15.0. The number of hydrogen-bond acceptors (Lipinski definition) is 7. The van der Waals surface area contributed by atoms with Gasteiger partial charge in [0.1, 0.15) is 10.6 Å². The Kier molecular flexibility index (Phi) is 8.89. The minimum atomic E-state index is -1.12. The van der Waals surface area contributed by atoms with Crippen LogP contribution < -0.4 is 10.6 Å². The van der Waals surface area contributed by atoms with E-state index in [0.717, 1.165) is 16.0 Å². The van der Waals surface area contributed by atoms with Crippen molar-refractivity contribution in [2.45, 2.75) is 11.8 Å². The molecule has 8 nitrogen and oxygen atoms in total. The van der Waals surface area contributed by atoms with Crippen LogP contribution in [0.15, 0.2) is 95.2 Å². The quantitative estimate of drug-likeness (QED) is 0.118. The number of carboxylic acids is 1. The van der Waals surface area contributed by atoms with Gasteiger partial charge in [0.25, 0.3) is 5.91 Å². The fourth-order valence-corrected chi connectivity index (χ4v) is 6.31. The van der Waals surface area contributed by atoms with Crippen molar-refractivity contribution in [1.29, 1.82) is 0 Å². The normalized spacial score (nSPS) is 10.7. The van der Waals surface area contributed by atoms with Gasteiger partial charge in [-0.15, -0.1) is 23.1 Å². The number of thiophene rings is 1. The van der Waals surface area contributed by atoms with Gasteiger partial charge in [0, 0.05) is 32.5 Å². The van der Waals surface area contributed by atoms with Crippen molar-refractivity contribution in [3.8, 4) is 11.1 Å². The smallest absolute Gasteiger partial charge is 0.341 e. The van der Waals surface area contributed by atoms with E-state index in [4.69, 9.17) is 4.74 Å². The average Bonchev–Trinajstić information content (AvgIpc) is 3.42. The number of thioether (sulfide) groups is 1. The summed E-state index contributed by atoms with van der Waals surface area (Å²) < 4.78 is 5.00. The molecule has 0 bridgehead atoms. The Hall–Kier alpha value is -4.93. The van der Waals surface area contributed by atoms with E-state index in [9.17, 15) is 24.3 Å². The fraction of sp³-hybridized carbons (Fsp3) is 0.0909. The van der Waals surface area contributed by atoms with Gasteiger partial charge in [0.15, 0.2) is 0 Å². The minimum absolute atomic E-state index is 0.0469. The molecule has 0 saturated heterocycles. The third-order valence-electron chi connectivity index (χ3n) is 6.64. The fourth-order valence-electron chi connectivity index (χ4n) is 4.58. The number of anilines is 2. The molecule has 0 aliphatic heterocycles. The number of methoxy groups -OCH3 is 1. The molecular formula is C33H26N2O6S2. The molecule has 0 atom stereocenters. The van der Waals surface area contributed by atoms with Crippen molar-refractivity contribution in [2.75, 3.05) is 23.5 Å². The van der Waals surface area contributed by atoms with Crippen LogP contribution >= 0.6 is 23.1 Å². The van der Waals surface area contributed by atoms with Crippen molar-refractivity contribution in [3.05, 3.63) is 113 Å². The van der Waals surface area contributed by atoms with Crippen LogP contribution in [0, 0.1) is 6.92 Å². The molecule has 216 valence electrons. The highest BCUT2D eigenvalue weighted by molar-refractivity contribution is 8.00. The van der Waals surface area contributed by atoms with Crippen molar-refractivity contribution in [3.63, 3.8) is 0 Å². The lowest BCUT2D eigenvalue weighted by Gasteiger charge is -2.11. The predicted molar refractivity (Wildman–Crippen MR) is 170 cm³/mol. The molecule has 2 amide bonds. The number of carbonyl (C=O) groups is 4. The molecule has 4 aromatic carbocycles. The predicted octanol–water partition coefficient (Wildman–Crippen LogP) is 7.34. The molecular weight excluding hydrogens is 585 g/mol. The van der Waals surface area contributed by atoms with E-state index in [0.29, 0.717) is 32.6 Å². The number of carboxylic acid groups (broad SMARTS) is 1. The lowest BCUT2D eigenvalue weighted by molar-refractivity contribution is -0.113. The summed E-state index contributed by atoms with van der Waals surface area (Å²) in [7, 11) is 1.30. The summed E-state index contributed by atoms with van der Waals surface area (Å²) in [6.45, 7) is 1.98. The molecule has 1 heterocycles. The minimum Gasteiger partial charge on any atom is -0.478 e. The number of nitrogens with one attached hydrogen (secondary N) is 2. The van der Waals surface area contributed by atoms with Gasteiger partial charge in [0.2, 0.25) is 5.91 Å². The van der Waals surface area contributed by atoms with E-state index in [-0.39, 0.29) is 22.8 Å². The van der Waals surface area contributed by atoms with Crippen molar-refractivity contribution < 1.29 is 29.0 Å². The third kappa shape index (κ3) is 6.61. The standard InChI is InChI=1S/C33H26N2O6S2/c1-19-12-14-20(15-13-19)26-17-43-31(29(26)33(40)41-2)35-27(36)18-42-23-9-5-8-22(16-23)34-30(37)24-10-3-6-21-7-4-11-25(28(21)24)32(38)39/h3-17H,18H2,1-2H3,(H,34,37)(H,35,36)(H,38,39). The summed E-state index contributed by atoms with van der Waals surface area (Å²) >= 11 is 2.52. The Balaban J connectivity index is 1.28. The molecule has 1 aromatic heterocycles. The monoisotopic (exact) mass is 610 g/mol. The Labute approximate surface area is 255 Å². The van der Waals surface area contributed by atoms with Crippen LogP contribution in [0.5, 0.6) is 0 Å². The Morgan fingerprint density at radius 1 is 0.884 bits per heavy atom. The van der Waals surface area contributed by atoms with E-state index in [1.807, 2.05) is 42.6 Å². The largest absolute Gasteiger partial charge is 0.478 e. The SMILES string of the molecule is COC(=O)c1c(-c2ccc(C)cc2)csc1NC(=O)CSc1cccc(NC(=O)c2cccc3cccc(C(=O)O)c23)c1. The summed E-state index contributed by atoms with van der Waals surface area (Å²) in [5, 5.41) is 18.6. The Bertz CT molecular complexity index is 1860. The van der Waals surface area contributed by atoms with E-state index >= 15 is 0 Å². The maximum Gasteiger partial charge on any atom is 0.341 e. The van der Waals surface area contributed by atoms with E-state index in [1.165, 1.54) is 36.3 Å². The molecule has 10 heteroatoms. The number of ether oxygens (including phenoxy) is 1. The van der Waals surface area contributed by atoms with Crippen LogP contribution in [0.25, 0.3) is 21.9 Å². The number of aryl methyl sites for hydroxylation is 1. The molecule has 0 aliphatic carbocycles. The van der Waals surface area contributed by atoms with E-state index in [2.05, 4.69) is 10.6 Å². The average molecular weight is 611 g/mol. The Morgan fingerprint density at radius 3 is 2.28 bits per heavy atom.